The molecule has 3 nitrogen and oxygen atoms in total. The Kier molecular flexibility index (Phi) is 4.24. The van der Waals surface area contributed by atoms with Crippen molar-refractivity contribution in [1.82, 2.24) is 0 Å². The quantitative estimate of drug-likeness (QED) is 0.706. The van der Waals surface area contributed by atoms with Crippen molar-refractivity contribution >= 4 is 6.08 Å². The van der Waals surface area contributed by atoms with Gasteiger partial charge in [-0.3, -0.25) is 0 Å². The van der Waals surface area contributed by atoms with Crippen molar-refractivity contribution in [3.8, 4) is 11.8 Å². The fourth-order valence-corrected chi connectivity index (χ4v) is 1.17. The van der Waals surface area contributed by atoms with Gasteiger partial charge in [-0.05, 0) is 30.7 Å². The monoisotopic (exact) mass is 203 g/mol. The molecular weight excluding hydrogens is 190 g/mol. The van der Waals surface area contributed by atoms with Crippen LogP contribution in [0.1, 0.15) is 18.1 Å². The summed E-state index contributed by atoms with van der Waals surface area (Å²) in [6.07, 6.45) is 3.35. The minimum atomic E-state index is 0.537. The van der Waals surface area contributed by atoms with Crippen molar-refractivity contribution in [2.45, 2.75) is 6.92 Å². The minimum Gasteiger partial charge on any atom is -0.504 e. The van der Waals surface area contributed by atoms with E-state index in [2.05, 4.69) is 6.07 Å². The van der Waals surface area contributed by atoms with Crippen LogP contribution < -0.4 is 4.74 Å². The number of hydrogen-bond donors (Lipinski definition) is 0. The van der Waals surface area contributed by atoms with E-state index in [0.29, 0.717) is 17.9 Å². The average molecular weight is 203 g/mol. The molecule has 0 fully saturated rings. The van der Waals surface area contributed by atoms with Gasteiger partial charge < -0.3 is 9.47 Å². The van der Waals surface area contributed by atoms with Gasteiger partial charge in [-0.25, -0.2) is 0 Å². The molecule has 0 atom stereocenters. The van der Waals surface area contributed by atoms with Crippen molar-refractivity contribution in [3.05, 3.63) is 35.6 Å². The zero-order valence-corrected chi connectivity index (χ0v) is 8.86. The predicted octanol–water partition coefficient (Wildman–Crippen LogP) is 2.57. The fraction of sp³-hybridized carbons (Fsp3) is 0.250. The molecule has 3 heteroatoms. The van der Waals surface area contributed by atoms with Gasteiger partial charge >= 0.3 is 0 Å². The van der Waals surface area contributed by atoms with Gasteiger partial charge in [0.2, 0.25) is 0 Å². The maximum absolute atomic E-state index is 8.91. The van der Waals surface area contributed by atoms with Crippen molar-refractivity contribution in [1.29, 1.82) is 5.26 Å². The summed E-state index contributed by atoms with van der Waals surface area (Å²) in [6, 6.07) is 7.53. The Morgan fingerprint density at radius 1 is 1.47 bits per heavy atom. The summed E-state index contributed by atoms with van der Waals surface area (Å²) in [5.41, 5.74) is 1.45. The summed E-state index contributed by atoms with van der Waals surface area (Å²) in [5.74, 6) is 0.620. The highest BCUT2D eigenvalue weighted by Gasteiger charge is 2.02. The highest BCUT2D eigenvalue weighted by molar-refractivity contribution is 5.55. The van der Waals surface area contributed by atoms with Crippen LogP contribution in [0.4, 0.5) is 0 Å². The zero-order chi connectivity index (χ0) is 11.1. The molecule has 0 spiro atoms. The molecule has 1 rings (SSSR count). The highest BCUT2D eigenvalue weighted by atomic mass is 16.5. The van der Waals surface area contributed by atoms with Crippen LogP contribution in [0.3, 0.4) is 0 Å². The van der Waals surface area contributed by atoms with E-state index in [9.17, 15) is 0 Å². The molecule has 0 aliphatic heterocycles. The standard InChI is InChI=1S/C12H13NO2/c1-3-15-12-5-4-10(6-7-14-2)8-11(12)9-13/h4-8H,3H2,1-2H3/b7-6+. The van der Waals surface area contributed by atoms with E-state index in [1.54, 1.807) is 31.6 Å². The predicted molar refractivity (Wildman–Crippen MR) is 58.4 cm³/mol. The van der Waals surface area contributed by atoms with E-state index in [1.165, 1.54) is 0 Å². The zero-order valence-electron chi connectivity index (χ0n) is 8.86. The third kappa shape index (κ3) is 3.03. The summed E-state index contributed by atoms with van der Waals surface area (Å²) in [7, 11) is 1.58. The van der Waals surface area contributed by atoms with E-state index in [0.717, 1.165) is 5.56 Å². The van der Waals surface area contributed by atoms with E-state index in [1.807, 2.05) is 13.0 Å². The minimum absolute atomic E-state index is 0.537. The lowest BCUT2D eigenvalue weighted by Gasteiger charge is -2.05. The van der Waals surface area contributed by atoms with Crippen LogP contribution >= 0.6 is 0 Å². The van der Waals surface area contributed by atoms with Crippen LogP contribution in [-0.2, 0) is 4.74 Å². The Labute approximate surface area is 89.6 Å². The van der Waals surface area contributed by atoms with E-state index in [-0.39, 0.29) is 0 Å². The SMILES string of the molecule is CCOc1ccc(/C=C/OC)cc1C#N. The molecule has 0 saturated carbocycles. The Balaban J connectivity index is 2.98. The van der Waals surface area contributed by atoms with Crippen molar-refractivity contribution in [2.75, 3.05) is 13.7 Å². The Morgan fingerprint density at radius 3 is 2.87 bits per heavy atom. The van der Waals surface area contributed by atoms with Gasteiger partial charge in [-0.15, -0.1) is 0 Å². The number of hydrogen-bond acceptors (Lipinski definition) is 3. The summed E-state index contributed by atoms with van der Waals surface area (Å²) < 4.78 is 10.1. The van der Waals surface area contributed by atoms with Crippen molar-refractivity contribution in [3.63, 3.8) is 0 Å². The van der Waals surface area contributed by atoms with E-state index >= 15 is 0 Å². The number of benzene rings is 1. The summed E-state index contributed by atoms with van der Waals surface area (Å²) in [4.78, 5) is 0. The first kappa shape index (κ1) is 11.1. The van der Waals surface area contributed by atoms with Gasteiger partial charge in [-0.1, -0.05) is 6.07 Å². The molecule has 1 aromatic carbocycles. The number of nitrogens with zero attached hydrogens (tertiary/aromatic N) is 1. The molecule has 78 valence electrons. The highest BCUT2D eigenvalue weighted by Crippen LogP contribution is 2.19. The topological polar surface area (TPSA) is 42.2 Å². The Bertz CT molecular complexity index is 391. The smallest absolute Gasteiger partial charge is 0.137 e. The summed E-state index contributed by atoms with van der Waals surface area (Å²) >= 11 is 0. The molecule has 0 amide bonds. The fourth-order valence-electron chi connectivity index (χ4n) is 1.17. The molecule has 0 unspecified atom stereocenters. The lowest BCUT2D eigenvalue weighted by molar-refractivity contribution is 0.339. The molecule has 0 heterocycles. The van der Waals surface area contributed by atoms with E-state index in [4.69, 9.17) is 14.7 Å². The number of nitriles is 1. The third-order valence-electron chi connectivity index (χ3n) is 1.82. The van der Waals surface area contributed by atoms with Crippen LogP contribution in [0.5, 0.6) is 5.75 Å². The Morgan fingerprint density at radius 2 is 2.27 bits per heavy atom. The van der Waals surface area contributed by atoms with Crippen LogP contribution in [0.25, 0.3) is 6.08 Å². The van der Waals surface area contributed by atoms with Gasteiger partial charge in [0.25, 0.3) is 0 Å². The van der Waals surface area contributed by atoms with Crippen LogP contribution in [-0.4, -0.2) is 13.7 Å². The molecule has 1 aromatic rings. The average Bonchev–Trinajstić information content (AvgIpc) is 2.28. The lowest BCUT2D eigenvalue weighted by atomic mass is 10.1. The maximum Gasteiger partial charge on any atom is 0.137 e. The second-order valence-electron chi connectivity index (χ2n) is 2.84. The molecule has 0 bridgehead atoms. The van der Waals surface area contributed by atoms with Crippen molar-refractivity contribution in [2.24, 2.45) is 0 Å². The van der Waals surface area contributed by atoms with Gasteiger partial charge in [0.1, 0.15) is 11.8 Å². The third-order valence-corrected chi connectivity index (χ3v) is 1.82. The van der Waals surface area contributed by atoms with Crippen LogP contribution in [0.2, 0.25) is 0 Å². The molecule has 0 aliphatic carbocycles. The van der Waals surface area contributed by atoms with Gasteiger partial charge in [0, 0.05) is 0 Å². The largest absolute Gasteiger partial charge is 0.504 e. The van der Waals surface area contributed by atoms with Gasteiger partial charge in [-0.2, -0.15) is 5.26 Å². The van der Waals surface area contributed by atoms with Crippen molar-refractivity contribution < 1.29 is 9.47 Å². The molecule has 0 aliphatic rings. The first-order valence-electron chi connectivity index (χ1n) is 4.68. The second kappa shape index (κ2) is 5.71. The number of rotatable bonds is 4. The van der Waals surface area contributed by atoms with Crippen LogP contribution in [0.15, 0.2) is 24.5 Å². The first-order valence-corrected chi connectivity index (χ1v) is 4.68. The van der Waals surface area contributed by atoms with Gasteiger partial charge in [0.15, 0.2) is 0 Å². The second-order valence-corrected chi connectivity index (χ2v) is 2.84. The normalized spacial score (nSPS) is 9.93. The molecule has 0 radical (unpaired) electrons. The Hall–Kier alpha value is -1.95. The first-order chi connectivity index (χ1) is 7.31. The number of methoxy groups -OCH3 is 1. The molecular formula is C12H13NO2. The maximum atomic E-state index is 8.91. The molecule has 15 heavy (non-hydrogen) atoms. The van der Waals surface area contributed by atoms with Crippen LogP contribution in [0, 0.1) is 11.3 Å². The molecule has 0 aromatic heterocycles. The summed E-state index contributed by atoms with van der Waals surface area (Å²) in [6.45, 7) is 2.45. The van der Waals surface area contributed by atoms with Gasteiger partial charge in [0.05, 0.1) is 25.5 Å². The molecule has 0 saturated heterocycles. The van der Waals surface area contributed by atoms with E-state index < -0.39 is 0 Å². The summed E-state index contributed by atoms with van der Waals surface area (Å²) in [5, 5.41) is 8.91. The number of ether oxygens (including phenoxy) is 2. The molecule has 0 N–H and O–H groups in total. The lowest BCUT2D eigenvalue weighted by Crippen LogP contribution is -1.94.